The molecule has 98 valence electrons. The van der Waals surface area contributed by atoms with Crippen LogP contribution < -0.4 is 4.90 Å². The first kappa shape index (κ1) is 13.9. The molecule has 0 saturated carbocycles. The maximum atomic E-state index is 11.6. The third-order valence-electron chi connectivity index (χ3n) is 2.44. The minimum Gasteiger partial charge on any atom is -0.465 e. The molecule has 0 aromatic heterocycles. The van der Waals surface area contributed by atoms with Crippen LogP contribution in [-0.2, 0) is 4.74 Å². The van der Waals surface area contributed by atoms with Gasteiger partial charge in [0.05, 0.1) is 29.9 Å². The van der Waals surface area contributed by atoms with Crippen molar-refractivity contribution in [2.75, 3.05) is 32.2 Å². The highest BCUT2D eigenvalue weighted by molar-refractivity contribution is 5.96. The number of anilines is 1. The van der Waals surface area contributed by atoms with Gasteiger partial charge in [-0.25, -0.2) is 4.79 Å². The molecule has 0 aliphatic heterocycles. The van der Waals surface area contributed by atoms with E-state index in [2.05, 4.69) is 4.74 Å². The predicted octanol–water partition coefficient (Wildman–Crippen LogP) is 0.810. The average molecular weight is 254 g/mol. The fourth-order valence-electron chi connectivity index (χ4n) is 1.51. The van der Waals surface area contributed by atoms with Crippen molar-refractivity contribution in [1.29, 1.82) is 0 Å². The highest BCUT2D eigenvalue weighted by atomic mass is 16.6. The summed E-state index contributed by atoms with van der Waals surface area (Å²) < 4.78 is 4.59. The normalized spacial score (nSPS) is 9.94. The molecule has 0 atom stereocenters. The molecule has 0 spiro atoms. The number of aliphatic hydroxyl groups is 1. The van der Waals surface area contributed by atoms with Crippen molar-refractivity contribution in [2.24, 2.45) is 0 Å². The van der Waals surface area contributed by atoms with Gasteiger partial charge in [0, 0.05) is 25.7 Å². The Labute approximate surface area is 104 Å². The molecule has 7 heteroatoms. The number of hydrogen-bond donors (Lipinski definition) is 1. The second-order valence-electron chi connectivity index (χ2n) is 3.60. The van der Waals surface area contributed by atoms with E-state index in [1.807, 2.05) is 0 Å². The molecule has 0 aliphatic rings. The fraction of sp³-hybridized carbons (Fsp3) is 0.364. The van der Waals surface area contributed by atoms with E-state index in [0.29, 0.717) is 12.2 Å². The SMILES string of the molecule is COC(=O)c1cc([N+](=O)[O-])ccc1N(C)CCO. The maximum Gasteiger partial charge on any atom is 0.340 e. The largest absolute Gasteiger partial charge is 0.465 e. The highest BCUT2D eigenvalue weighted by Gasteiger charge is 2.19. The van der Waals surface area contributed by atoms with E-state index in [4.69, 9.17) is 5.11 Å². The van der Waals surface area contributed by atoms with Gasteiger partial charge in [-0.05, 0) is 6.07 Å². The number of aliphatic hydroxyl groups excluding tert-OH is 1. The Bertz CT molecular complexity index is 461. The molecule has 0 saturated heterocycles. The molecule has 1 N–H and O–H groups in total. The van der Waals surface area contributed by atoms with Crippen molar-refractivity contribution >= 4 is 17.3 Å². The number of benzene rings is 1. The van der Waals surface area contributed by atoms with Gasteiger partial charge in [-0.1, -0.05) is 0 Å². The maximum absolute atomic E-state index is 11.6. The highest BCUT2D eigenvalue weighted by Crippen LogP contribution is 2.25. The molecular weight excluding hydrogens is 240 g/mol. The number of esters is 1. The van der Waals surface area contributed by atoms with Crippen molar-refractivity contribution in [3.05, 3.63) is 33.9 Å². The molecule has 0 aliphatic carbocycles. The van der Waals surface area contributed by atoms with E-state index in [0.717, 1.165) is 6.07 Å². The number of nitro benzene ring substituents is 1. The number of nitrogens with zero attached hydrogens (tertiary/aromatic N) is 2. The van der Waals surface area contributed by atoms with Crippen molar-refractivity contribution < 1.29 is 19.6 Å². The smallest absolute Gasteiger partial charge is 0.340 e. The summed E-state index contributed by atoms with van der Waals surface area (Å²) in [5.74, 6) is -0.654. The molecule has 7 nitrogen and oxygen atoms in total. The van der Waals surface area contributed by atoms with E-state index < -0.39 is 10.9 Å². The summed E-state index contributed by atoms with van der Waals surface area (Å²) in [5, 5.41) is 19.5. The zero-order chi connectivity index (χ0) is 13.7. The summed E-state index contributed by atoms with van der Waals surface area (Å²) in [5.41, 5.74) is 0.390. The van der Waals surface area contributed by atoms with Crippen molar-refractivity contribution in [1.82, 2.24) is 0 Å². The van der Waals surface area contributed by atoms with Crippen molar-refractivity contribution in [3.8, 4) is 0 Å². The first-order valence-electron chi connectivity index (χ1n) is 5.20. The molecule has 0 heterocycles. The quantitative estimate of drug-likeness (QED) is 0.475. The van der Waals surface area contributed by atoms with Crippen LogP contribution >= 0.6 is 0 Å². The molecule has 0 radical (unpaired) electrons. The Hall–Kier alpha value is -2.15. The number of rotatable bonds is 5. The lowest BCUT2D eigenvalue weighted by molar-refractivity contribution is -0.384. The Morgan fingerprint density at radius 3 is 2.72 bits per heavy atom. The van der Waals surface area contributed by atoms with Gasteiger partial charge < -0.3 is 14.7 Å². The van der Waals surface area contributed by atoms with Gasteiger partial charge in [0.2, 0.25) is 0 Å². The predicted molar refractivity (Wildman–Crippen MR) is 64.8 cm³/mol. The van der Waals surface area contributed by atoms with Crippen molar-refractivity contribution in [3.63, 3.8) is 0 Å². The lowest BCUT2D eigenvalue weighted by Crippen LogP contribution is -2.23. The topological polar surface area (TPSA) is 92.9 Å². The van der Waals surface area contributed by atoms with Crippen LogP contribution in [0.4, 0.5) is 11.4 Å². The van der Waals surface area contributed by atoms with Crippen LogP contribution in [0.5, 0.6) is 0 Å². The van der Waals surface area contributed by atoms with Crippen LogP contribution in [-0.4, -0.2) is 43.3 Å². The Balaban J connectivity index is 3.24. The zero-order valence-corrected chi connectivity index (χ0v) is 10.1. The number of hydrogen-bond acceptors (Lipinski definition) is 6. The third-order valence-corrected chi connectivity index (χ3v) is 2.44. The minimum atomic E-state index is -0.654. The number of methoxy groups -OCH3 is 1. The first-order valence-corrected chi connectivity index (χ1v) is 5.20. The lowest BCUT2D eigenvalue weighted by Gasteiger charge is -2.20. The van der Waals surface area contributed by atoms with Crippen LogP contribution in [0.1, 0.15) is 10.4 Å². The van der Waals surface area contributed by atoms with Crippen LogP contribution in [0.3, 0.4) is 0 Å². The van der Waals surface area contributed by atoms with Gasteiger partial charge in [-0.2, -0.15) is 0 Å². The Morgan fingerprint density at radius 1 is 1.56 bits per heavy atom. The molecule has 18 heavy (non-hydrogen) atoms. The molecule has 0 amide bonds. The number of non-ortho nitro benzene ring substituents is 1. The minimum absolute atomic E-state index is 0.0892. The summed E-state index contributed by atoms with van der Waals surface area (Å²) in [6.07, 6.45) is 0. The van der Waals surface area contributed by atoms with Gasteiger partial charge in [-0.3, -0.25) is 10.1 Å². The summed E-state index contributed by atoms with van der Waals surface area (Å²) in [7, 11) is 2.88. The Kier molecular flexibility index (Phi) is 4.61. The molecule has 0 bridgehead atoms. The summed E-state index contributed by atoms with van der Waals surface area (Å²) in [6, 6.07) is 3.92. The number of ether oxygens (including phenoxy) is 1. The zero-order valence-electron chi connectivity index (χ0n) is 10.1. The van der Waals surface area contributed by atoms with Crippen LogP contribution in [0.25, 0.3) is 0 Å². The fourth-order valence-corrected chi connectivity index (χ4v) is 1.51. The molecule has 1 aromatic carbocycles. The lowest BCUT2D eigenvalue weighted by atomic mass is 10.1. The number of likely N-dealkylation sites (N-methyl/N-ethyl adjacent to an activating group) is 1. The van der Waals surface area contributed by atoms with E-state index in [-0.39, 0.29) is 17.9 Å². The van der Waals surface area contributed by atoms with Crippen LogP contribution in [0.15, 0.2) is 18.2 Å². The number of carbonyl (C=O) groups is 1. The van der Waals surface area contributed by atoms with E-state index in [1.165, 1.54) is 19.2 Å². The molecular formula is C11H14N2O5. The summed E-state index contributed by atoms with van der Waals surface area (Å²) in [6.45, 7) is 0.218. The summed E-state index contributed by atoms with van der Waals surface area (Å²) >= 11 is 0. The first-order chi connectivity index (χ1) is 8.51. The Morgan fingerprint density at radius 2 is 2.22 bits per heavy atom. The van der Waals surface area contributed by atoms with E-state index in [9.17, 15) is 14.9 Å². The monoisotopic (exact) mass is 254 g/mol. The molecule has 1 rings (SSSR count). The number of carbonyl (C=O) groups excluding carboxylic acids is 1. The standard InChI is InChI=1S/C11H14N2O5/c1-12(5-6-14)10-4-3-8(13(16)17)7-9(10)11(15)18-2/h3-4,7,14H,5-6H2,1-2H3. The number of nitro groups is 1. The van der Waals surface area contributed by atoms with Gasteiger partial charge in [0.25, 0.3) is 5.69 Å². The van der Waals surface area contributed by atoms with Gasteiger partial charge >= 0.3 is 5.97 Å². The van der Waals surface area contributed by atoms with Gasteiger partial charge in [-0.15, -0.1) is 0 Å². The van der Waals surface area contributed by atoms with E-state index in [1.54, 1.807) is 11.9 Å². The summed E-state index contributed by atoms with van der Waals surface area (Å²) in [4.78, 5) is 23.3. The van der Waals surface area contributed by atoms with Crippen molar-refractivity contribution in [2.45, 2.75) is 0 Å². The van der Waals surface area contributed by atoms with Crippen LogP contribution in [0.2, 0.25) is 0 Å². The second kappa shape index (κ2) is 5.97. The van der Waals surface area contributed by atoms with E-state index >= 15 is 0 Å². The molecule has 1 aromatic rings. The van der Waals surface area contributed by atoms with Gasteiger partial charge in [0.1, 0.15) is 0 Å². The van der Waals surface area contributed by atoms with Crippen LogP contribution in [0, 0.1) is 10.1 Å². The second-order valence-corrected chi connectivity index (χ2v) is 3.60. The molecule has 0 unspecified atom stereocenters. The van der Waals surface area contributed by atoms with Gasteiger partial charge in [0.15, 0.2) is 0 Å². The molecule has 0 fully saturated rings. The third kappa shape index (κ3) is 2.95. The average Bonchev–Trinajstić information content (AvgIpc) is 2.37.